The molecule has 7 nitrogen and oxygen atoms in total. The Morgan fingerprint density at radius 2 is 2.09 bits per heavy atom. The molecular formula is C16H21N5O2. The van der Waals surface area contributed by atoms with Crippen LogP contribution in [0.3, 0.4) is 0 Å². The van der Waals surface area contributed by atoms with Gasteiger partial charge in [-0.2, -0.15) is 0 Å². The Kier molecular flexibility index (Phi) is 4.02. The van der Waals surface area contributed by atoms with Crippen LogP contribution >= 0.6 is 0 Å². The minimum atomic E-state index is -0.195. The number of fused-ring (bicyclic) bond motifs is 1. The minimum Gasteiger partial charge on any atom is -0.354 e. The van der Waals surface area contributed by atoms with Gasteiger partial charge in [-0.25, -0.2) is 0 Å². The fraction of sp³-hybridized carbons (Fsp3) is 0.500. The van der Waals surface area contributed by atoms with E-state index in [0.29, 0.717) is 29.8 Å². The van der Waals surface area contributed by atoms with Gasteiger partial charge in [0.15, 0.2) is 5.78 Å². The fourth-order valence-corrected chi connectivity index (χ4v) is 3.28. The molecule has 23 heavy (non-hydrogen) atoms. The number of Topliss-reactive ketones (excluding diaryl/α,β-unsaturated/α-hetero) is 1. The third kappa shape index (κ3) is 2.78. The number of ketones is 1. The number of nitrogens with zero attached hydrogens (tertiary/aromatic N) is 3. The average molecular weight is 315 g/mol. The summed E-state index contributed by atoms with van der Waals surface area (Å²) in [7, 11) is 0. The van der Waals surface area contributed by atoms with Gasteiger partial charge in [-0.15, -0.1) is 10.2 Å². The summed E-state index contributed by atoms with van der Waals surface area (Å²) in [5, 5.41) is 11.2. The van der Waals surface area contributed by atoms with Crippen molar-refractivity contribution in [1.82, 2.24) is 25.1 Å². The third-order valence-electron chi connectivity index (χ3n) is 4.34. The van der Waals surface area contributed by atoms with Crippen molar-refractivity contribution in [3.63, 3.8) is 0 Å². The van der Waals surface area contributed by atoms with Crippen LogP contribution in [-0.4, -0.2) is 38.0 Å². The molecule has 0 saturated carbocycles. The first-order valence-corrected chi connectivity index (χ1v) is 7.88. The lowest BCUT2D eigenvalue weighted by molar-refractivity contribution is 0.0948. The molecular weight excluding hydrogens is 294 g/mol. The van der Waals surface area contributed by atoms with Crippen LogP contribution in [0.15, 0.2) is 0 Å². The van der Waals surface area contributed by atoms with E-state index in [0.717, 1.165) is 36.7 Å². The van der Waals surface area contributed by atoms with Crippen LogP contribution in [0.5, 0.6) is 0 Å². The van der Waals surface area contributed by atoms with Gasteiger partial charge in [-0.3, -0.25) is 9.59 Å². The van der Waals surface area contributed by atoms with Crippen molar-refractivity contribution in [1.29, 1.82) is 0 Å². The van der Waals surface area contributed by atoms with E-state index in [2.05, 4.69) is 25.1 Å². The Balaban J connectivity index is 1.64. The summed E-state index contributed by atoms with van der Waals surface area (Å²) in [6.07, 6.45) is 2.74. The number of carbonyl (C=O) groups excluding carboxylic acids is 2. The van der Waals surface area contributed by atoms with Crippen molar-refractivity contribution in [2.75, 3.05) is 6.54 Å². The van der Waals surface area contributed by atoms with Crippen LogP contribution in [0.2, 0.25) is 0 Å². The summed E-state index contributed by atoms with van der Waals surface area (Å²) in [6.45, 7) is 6.56. The number of amides is 1. The summed E-state index contributed by atoms with van der Waals surface area (Å²) in [6, 6.07) is 0. The molecule has 0 unspecified atom stereocenters. The van der Waals surface area contributed by atoms with Crippen LogP contribution in [0.1, 0.15) is 57.1 Å². The second-order valence-electron chi connectivity index (χ2n) is 5.97. The zero-order valence-corrected chi connectivity index (χ0v) is 13.7. The van der Waals surface area contributed by atoms with Crippen LogP contribution in [0.4, 0.5) is 0 Å². The van der Waals surface area contributed by atoms with Gasteiger partial charge in [0.05, 0.1) is 0 Å². The largest absolute Gasteiger partial charge is 0.354 e. The molecule has 122 valence electrons. The number of carbonyl (C=O) groups is 2. The Morgan fingerprint density at radius 1 is 1.30 bits per heavy atom. The first-order valence-electron chi connectivity index (χ1n) is 7.88. The maximum atomic E-state index is 12.3. The number of rotatable bonds is 5. The maximum Gasteiger partial charge on any atom is 0.268 e. The smallest absolute Gasteiger partial charge is 0.268 e. The summed E-state index contributed by atoms with van der Waals surface area (Å²) >= 11 is 0. The molecule has 3 heterocycles. The molecule has 2 aromatic heterocycles. The molecule has 7 heteroatoms. The maximum absolute atomic E-state index is 12.3. The van der Waals surface area contributed by atoms with Gasteiger partial charge in [-0.05, 0) is 32.8 Å². The summed E-state index contributed by atoms with van der Waals surface area (Å²) in [5.74, 6) is 1.73. The first kappa shape index (κ1) is 15.5. The lowest BCUT2D eigenvalue weighted by Crippen LogP contribution is -2.27. The van der Waals surface area contributed by atoms with E-state index in [1.54, 1.807) is 13.8 Å². The normalized spacial score (nSPS) is 13.2. The highest BCUT2D eigenvalue weighted by Gasteiger charge is 2.20. The topological polar surface area (TPSA) is 92.7 Å². The fourth-order valence-electron chi connectivity index (χ4n) is 3.28. The van der Waals surface area contributed by atoms with E-state index in [1.807, 2.05) is 0 Å². The molecule has 2 aromatic rings. The second kappa shape index (κ2) is 5.98. The van der Waals surface area contributed by atoms with E-state index in [-0.39, 0.29) is 11.7 Å². The average Bonchev–Trinajstić information content (AvgIpc) is 3.14. The number of aromatic amines is 1. The van der Waals surface area contributed by atoms with Gasteiger partial charge in [0.1, 0.15) is 17.3 Å². The summed E-state index contributed by atoms with van der Waals surface area (Å²) < 4.78 is 2.13. The van der Waals surface area contributed by atoms with Gasteiger partial charge in [0.2, 0.25) is 0 Å². The van der Waals surface area contributed by atoms with Crippen molar-refractivity contribution >= 4 is 11.7 Å². The van der Waals surface area contributed by atoms with E-state index >= 15 is 0 Å². The van der Waals surface area contributed by atoms with Crippen molar-refractivity contribution in [3.05, 3.63) is 34.2 Å². The van der Waals surface area contributed by atoms with Crippen LogP contribution in [-0.2, 0) is 19.4 Å². The molecule has 0 fully saturated rings. The van der Waals surface area contributed by atoms with E-state index in [4.69, 9.17) is 0 Å². The molecule has 0 bridgehead atoms. The predicted molar refractivity (Wildman–Crippen MR) is 84.7 cm³/mol. The molecule has 3 rings (SSSR count). The molecule has 0 radical (unpaired) electrons. The Bertz CT molecular complexity index is 772. The van der Waals surface area contributed by atoms with Crippen molar-refractivity contribution in [2.24, 2.45) is 0 Å². The Hall–Kier alpha value is -2.44. The van der Waals surface area contributed by atoms with E-state index in [9.17, 15) is 9.59 Å². The standard InChI is InChI=1S/C16H21N5O2/c1-9-14(11(3)22)10(2)18-15(9)16(23)17-7-6-13-20-19-12-5-4-8-21(12)13/h18H,4-8H2,1-3H3,(H,17,23). The van der Waals surface area contributed by atoms with Gasteiger partial charge < -0.3 is 14.9 Å². The lowest BCUT2D eigenvalue weighted by Gasteiger charge is -2.06. The highest BCUT2D eigenvalue weighted by molar-refractivity contribution is 6.02. The zero-order valence-electron chi connectivity index (χ0n) is 13.7. The van der Waals surface area contributed by atoms with Gasteiger partial charge in [0.25, 0.3) is 5.91 Å². The van der Waals surface area contributed by atoms with Gasteiger partial charge >= 0.3 is 0 Å². The van der Waals surface area contributed by atoms with Gasteiger partial charge in [0, 0.05) is 37.2 Å². The zero-order chi connectivity index (χ0) is 16.6. The molecule has 0 saturated heterocycles. The highest BCUT2D eigenvalue weighted by atomic mass is 16.2. The number of aromatic nitrogens is 4. The number of hydrogen-bond donors (Lipinski definition) is 2. The Morgan fingerprint density at radius 3 is 2.78 bits per heavy atom. The molecule has 1 aliphatic heterocycles. The minimum absolute atomic E-state index is 0.0330. The number of nitrogens with one attached hydrogen (secondary N) is 2. The van der Waals surface area contributed by atoms with E-state index in [1.165, 1.54) is 6.92 Å². The highest BCUT2D eigenvalue weighted by Crippen LogP contribution is 2.18. The van der Waals surface area contributed by atoms with Crippen molar-refractivity contribution in [3.8, 4) is 0 Å². The molecule has 0 spiro atoms. The molecule has 2 N–H and O–H groups in total. The molecule has 0 aliphatic carbocycles. The van der Waals surface area contributed by atoms with Gasteiger partial charge in [-0.1, -0.05) is 0 Å². The number of aryl methyl sites for hydroxylation is 2. The first-order chi connectivity index (χ1) is 11.0. The predicted octanol–water partition coefficient (Wildman–Crippen LogP) is 1.34. The summed E-state index contributed by atoms with van der Waals surface area (Å²) in [5.41, 5.74) is 2.50. The lowest BCUT2D eigenvalue weighted by atomic mass is 10.1. The molecule has 1 aliphatic rings. The Labute approximate surface area is 134 Å². The quantitative estimate of drug-likeness (QED) is 0.814. The SMILES string of the molecule is CC(=O)c1c(C)[nH]c(C(=O)NCCc2nnc3n2CCC3)c1C. The second-order valence-corrected chi connectivity index (χ2v) is 5.97. The number of H-pyrrole nitrogens is 1. The van der Waals surface area contributed by atoms with Crippen LogP contribution in [0.25, 0.3) is 0 Å². The van der Waals surface area contributed by atoms with Crippen LogP contribution in [0, 0.1) is 13.8 Å². The summed E-state index contributed by atoms with van der Waals surface area (Å²) in [4.78, 5) is 27.0. The molecule has 1 amide bonds. The molecule has 0 atom stereocenters. The van der Waals surface area contributed by atoms with Crippen molar-refractivity contribution in [2.45, 2.75) is 46.6 Å². The molecule has 0 aromatic carbocycles. The van der Waals surface area contributed by atoms with Crippen molar-refractivity contribution < 1.29 is 9.59 Å². The van der Waals surface area contributed by atoms with Crippen LogP contribution < -0.4 is 5.32 Å². The third-order valence-corrected chi connectivity index (χ3v) is 4.34. The number of hydrogen-bond acceptors (Lipinski definition) is 4. The monoisotopic (exact) mass is 315 g/mol. The van der Waals surface area contributed by atoms with E-state index < -0.39 is 0 Å².